The number of hydrogen-bond acceptors (Lipinski definition) is 4. The Morgan fingerprint density at radius 1 is 1.43 bits per heavy atom. The molecule has 1 aliphatic carbocycles. The molecule has 0 aromatic carbocycles. The second kappa shape index (κ2) is 5.30. The minimum atomic E-state index is -0.0958. The zero-order valence-corrected chi connectivity index (χ0v) is 13.4. The van der Waals surface area contributed by atoms with Crippen molar-refractivity contribution < 1.29 is 0 Å². The van der Waals surface area contributed by atoms with Crippen molar-refractivity contribution in [2.24, 2.45) is 13.0 Å². The lowest BCUT2D eigenvalue weighted by Gasteiger charge is -2.46. The van der Waals surface area contributed by atoms with Crippen LogP contribution in [0, 0.1) is 5.92 Å². The Morgan fingerprint density at radius 3 is 2.76 bits per heavy atom. The fraction of sp³-hybridized carbons (Fsp3) is 0.533. The van der Waals surface area contributed by atoms with Gasteiger partial charge in [0.15, 0.2) is 0 Å². The first-order valence-electron chi connectivity index (χ1n) is 7.31. The van der Waals surface area contributed by atoms with Crippen molar-refractivity contribution >= 4 is 17.4 Å². The molecular formula is C15H20ClN5. The number of hydrogen-bond donors (Lipinski definition) is 1. The first-order chi connectivity index (χ1) is 10.0. The molecule has 0 spiro atoms. The van der Waals surface area contributed by atoms with Gasteiger partial charge in [-0.25, -0.2) is 4.98 Å². The molecule has 0 bridgehead atoms. The van der Waals surface area contributed by atoms with E-state index < -0.39 is 0 Å². The molecule has 1 aliphatic rings. The maximum absolute atomic E-state index is 6.22. The summed E-state index contributed by atoms with van der Waals surface area (Å²) in [7, 11) is 1.99. The second-order valence-corrected chi connectivity index (χ2v) is 6.34. The Bertz CT molecular complexity index is 645. The van der Waals surface area contributed by atoms with Crippen LogP contribution in [0.3, 0.4) is 0 Å². The summed E-state index contributed by atoms with van der Waals surface area (Å²) in [6, 6.07) is 4.05. The standard InChI is InChI=1S/C15H20ClN5/c1-4-17-13-6-11(5-12(16)19-13)15(7-10(2)8-15)14-20-18-9-21(14)3/h5-6,9-10H,4,7-8H2,1-3H3,(H,17,19). The molecule has 0 saturated heterocycles. The van der Waals surface area contributed by atoms with Crippen molar-refractivity contribution in [3.05, 3.63) is 35.0 Å². The molecule has 2 heterocycles. The van der Waals surface area contributed by atoms with Gasteiger partial charge in [-0.2, -0.15) is 0 Å². The van der Waals surface area contributed by atoms with E-state index in [-0.39, 0.29) is 5.41 Å². The van der Waals surface area contributed by atoms with Gasteiger partial charge < -0.3 is 9.88 Å². The Balaban J connectivity index is 2.08. The van der Waals surface area contributed by atoms with Gasteiger partial charge in [-0.1, -0.05) is 18.5 Å². The van der Waals surface area contributed by atoms with Gasteiger partial charge in [0.1, 0.15) is 23.1 Å². The molecule has 1 N–H and O–H groups in total. The average Bonchev–Trinajstić information content (AvgIpc) is 2.81. The maximum Gasteiger partial charge on any atom is 0.143 e. The minimum absolute atomic E-state index is 0.0958. The molecule has 0 radical (unpaired) electrons. The zero-order valence-electron chi connectivity index (χ0n) is 12.6. The number of aryl methyl sites for hydroxylation is 1. The molecule has 0 aliphatic heterocycles. The molecule has 3 rings (SSSR count). The summed E-state index contributed by atoms with van der Waals surface area (Å²) in [4.78, 5) is 4.33. The summed E-state index contributed by atoms with van der Waals surface area (Å²) >= 11 is 6.22. The highest BCUT2D eigenvalue weighted by atomic mass is 35.5. The normalized spacial score (nSPS) is 24.7. The number of pyridine rings is 1. The Labute approximate surface area is 129 Å². The fourth-order valence-electron chi connectivity index (χ4n) is 3.44. The maximum atomic E-state index is 6.22. The van der Waals surface area contributed by atoms with Crippen LogP contribution >= 0.6 is 11.6 Å². The minimum Gasteiger partial charge on any atom is -0.370 e. The third kappa shape index (κ3) is 2.39. The summed E-state index contributed by atoms with van der Waals surface area (Å²) < 4.78 is 2.01. The van der Waals surface area contributed by atoms with Gasteiger partial charge in [0.2, 0.25) is 0 Å². The third-order valence-electron chi connectivity index (χ3n) is 4.24. The first kappa shape index (κ1) is 14.3. The van der Waals surface area contributed by atoms with Crippen molar-refractivity contribution in [1.82, 2.24) is 19.7 Å². The lowest BCUT2D eigenvalue weighted by Crippen LogP contribution is -2.43. The van der Waals surface area contributed by atoms with Crippen LogP contribution in [0.5, 0.6) is 0 Å². The SMILES string of the molecule is CCNc1cc(C2(c3nncn3C)CC(C)C2)cc(Cl)n1. The van der Waals surface area contributed by atoms with Crippen molar-refractivity contribution in [1.29, 1.82) is 0 Å². The van der Waals surface area contributed by atoms with Crippen molar-refractivity contribution in [3.8, 4) is 0 Å². The van der Waals surface area contributed by atoms with Crippen molar-refractivity contribution in [2.45, 2.75) is 32.1 Å². The summed E-state index contributed by atoms with van der Waals surface area (Å²) in [5.74, 6) is 2.50. The molecule has 2 aromatic heterocycles. The smallest absolute Gasteiger partial charge is 0.143 e. The highest BCUT2D eigenvalue weighted by molar-refractivity contribution is 6.29. The lowest BCUT2D eigenvalue weighted by atomic mass is 9.58. The van der Waals surface area contributed by atoms with Crippen molar-refractivity contribution in [3.63, 3.8) is 0 Å². The van der Waals surface area contributed by atoms with Gasteiger partial charge in [-0.15, -0.1) is 10.2 Å². The third-order valence-corrected chi connectivity index (χ3v) is 4.43. The highest BCUT2D eigenvalue weighted by Gasteiger charge is 2.48. The number of anilines is 1. The van der Waals surface area contributed by atoms with E-state index in [1.54, 1.807) is 6.33 Å². The second-order valence-electron chi connectivity index (χ2n) is 5.96. The molecule has 112 valence electrons. The van der Waals surface area contributed by atoms with Crippen LogP contribution in [0.1, 0.15) is 38.1 Å². The van der Waals surface area contributed by atoms with Crippen LogP contribution in [-0.2, 0) is 12.5 Å². The number of rotatable bonds is 4. The van der Waals surface area contributed by atoms with Crippen molar-refractivity contribution in [2.75, 3.05) is 11.9 Å². The van der Waals surface area contributed by atoms with E-state index >= 15 is 0 Å². The molecule has 0 amide bonds. The largest absolute Gasteiger partial charge is 0.370 e. The predicted molar refractivity (Wildman–Crippen MR) is 83.6 cm³/mol. The van der Waals surface area contributed by atoms with E-state index in [0.29, 0.717) is 11.1 Å². The molecule has 1 fully saturated rings. The predicted octanol–water partition coefficient (Wildman–Crippen LogP) is 3.01. The first-order valence-corrected chi connectivity index (χ1v) is 7.69. The van der Waals surface area contributed by atoms with Crippen LogP contribution in [0.25, 0.3) is 0 Å². The summed E-state index contributed by atoms with van der Waals surface area (Å²) in [6.45, 7) is 5.13. The van der Waals surface area contributed by atoms with Gasteiger partial charge in [0, 0.05) is 13.6 Å². The van der Waals surface area contributed by atoms with Crippen LogP contribution in [-0.4, -0.2) is 26.3 Å². The quantitative estimate of drug-likeness (QED) is 0.882. The molecular weight excluding hydrogens is 286 g/mol. The zero-order chi connectivity index (χ0) is 15.0. The highest BCUT2D eigenvalue weighted by Crippen LogP contribution is 2.51. The number of halogens is 1. The van der Waals surface area contributed by atoms with E-state index in [1.807, 2.05) is 24.6 Å². The number of nitrogens with one attached hydrogen (secondary N) is 1. The number of nitrogens with zero attached hydrogens (tertiary/aromatic N) is 4. The van der Waals surface area contributed by atoms with E-state index in [4.69, 9.17) is 11.6 Å². The fourth-order valence-corrected chi connectivity index (χ4v) is 3.65. The van der Waals surface area contributed by atoms with Gasteiger partial charge in [-0.05, 0) is 43.4 Å². The Kier molecular flexibility index (Phi) is 3.61. The van der Waals surface area contributed by atoms with Crippen LogP contribution in [0.15, 0.2) is 18.5 Å². The van der Waals surface area contributed by atoms with Gasteiger partial charge in [0.05, 0.1) is 5.41 Å². The topological polar surface area (TPSA) is 55.6 Å². The van der Waals surface area contributed by atoms with Gasteiger partial charge in [0.25, 0.3) is 0 Å². The Hall–Kier alpha value is -1.62. The van der Waals surface area contributed by atoms with E-state index in [0.717, 1.165) is 31.0 Å². The van der Waals surface area contributed by atoms with Gasteiger partial charge >= 0.3 is 0 Å². The molecule has 6 heteroatoms. The monoisotopic (exact) mass is 305 g/mol. The molecule has 2 aromatic rings. The molecule has 0 unspecified atom stereocenters. The number of aromatic nitrogens is 4. The average molecular weight is 306 g/mol. The summed E-state index contributed by atoms with van der Waals surface area (Å²) in [6.07, 6.45) is 3.88. The summed E-state index contributed by atoms with van der Waals surface area (Å²) in [5.41, 5.74) is 1.08. The van der Waals surface area contributed by atoms with Crippen LogP contribution < -0.4 is 5.32 Å². The van der Waals surface area contributed by atoms with E-state index in [9.17, 15) is 0 Å². The van der Waals surface area contributed by atoms with Crippen LogP contribution in [0.2, 0.25) is 5.15 Å². The lowest BCUT2D eigenvalue weighted by molar-refractivity contribution is 0.185. The van der Waals surface area contributed by atoms with Crippen LogP contribution in [0.4, 0.5) is 5.82 Å². The molecule has 21 heavy (non-hydrogen) atoms. The molecule has 5 nitrogen and oxygen atoms in total. The van der Waals surface area contributed by atoms with E-state index in [2.05, 4.69) is 33.5 Å². The molecule has 1 saturated carbocycles. The Morgan fingerprint density at radius 2 is 2.19 bits per heavy atom. The molecule has 0 atom stereocenters. The van der Waals surface area contributed by atoms with Gasteiger partial charge in [-0.3, -0.25) is 0 Å². The summed E-state index contributed by atoms with van der Waals surface area (Å²) in [5, 5.41) is 12.2. The van der Waals surface area contributed by atoms with E-state index in [1.165, 1.54) is 5.56 Å².